The zero-order valence-corrected chi connectivity index (χ0v) is 9.59. The molecule has 0 radical (unpaired) electrons. The molecule has 1 fully saturated rings. The number of aliphatic hydroxyl groups is 1. The van der Waals surface area contributed by atoms with E-state index in [0.717, 1.165) is 12.3 Å². The zero-order chi connectivity index (χ0) is 16.0. The maximum Gasteiger partial charge on any atom is 0.330 e. The quantitative estimate of drug-likeness (QED) is 0.731. The fraction of sp³-hybridized carbons (Fsp3) is 0.636. The molecule has 2 rings (SSSR count). The first kappa shape index (κ1) is 9.46. The number of aromatic nitrogens is 2. The highest BCUT2D eigenvalue weighted by atomic mass is 19.1. The van der Waals surface area contributed by atoms with E-state index in [1.807, 2.05) is 4.98 Å². The molecule has 4 atom stereocenters. The number of alkyl halides is 1. The Hall–Kier alpha value is -1.47. The number of H-pyrrole nitrogens is 1. The van der Waals surface area contributed by atoms with Crippen molar-refractivity contribution in [1.29, 1.82) is 0 Å². The van der Waals surface area contributed by atoms with Crippen LogP contribution in [0.15, 0.2) is 21.9 Å². The van der Waals surface area contributed by atoms with Crippen molar-refractivity contribution in [2.45, 2.75) is 44.3 Å². The minimum Gasteiger partial charge on any atom is -0.387 e. The number of nitrogens with one attached hydrogen (secondary N) is 1. The van der Waals surface area contributed by atoms with Crippen LogP contribution in [0, 0.1) is 0 Å². The van der Waals surface area contributed by atoms with Gasteiger partial charge in [-0.15, -0.1) is 0 Å². The first-order valence-electron chi connectivity index (χ1n) is 6.96. The second-order valence-electron chi connectivity index (χ2n) is 4.17. The molecule has 2 heterocycles. The summed E-state index contributed by atoms with van der Waals surface area (Å²) in [6.45, 7) is -1.62. The molecule has 1 aromatic heterocycles. The number of nitrogens with zero attached hydrogens (tertiary/aromatic N) is 1. The average Bonchev–Trinajstić information content (AvgIpc) is 2.63. The summed E-state index contributed by atoms with van der Waals surface area (Å²) in [5, 5.41) is 9.97. The van der Waals surface area contributed by atoms with Gasteiger partial charge in [0.15, 0.2) is 11.9 Å². The van der Waals surface area contributed by atoms with Gasteiger partial charge in [0, 0.05) is 16.4 Å². The Kier molecular flexibility index (Phi) is 2.27. The van der Waals surface area contributed by atoms with Crippen molar-refractivity contribution >= 4 is 0 Å². The van der Waals surface area contributed by atoms with E-state index in [2.05, 4.69) is 0 Å². The molecule has 7 heteroatoms. The maximum atomic E-state index is 15.1. The van der Waals surface area contributed by atoms with Crippen molar-refractivity contribution in [3.05, 3.63) is 33.1 Å². The number of hydrogen-bond acceptors (Lipinski definition) is 4. The Bertz CT molecular complexity index is 643. The van der Waals surface area contributed by atoms with Gasteiger partial charge in [-0.25, -0.2) is 9.18 Å². The topological polar surface area (TPSA) is 84.3 Å². The zero-order valence-electron chi connectivity index (χ0n) is 12.6. The summed E-state index contributed by atoms with van der Waals surface area (Å²) >= 11 is 0. The van der Waals surface area contributed by atoms with E-state index in [1.165, 1.54) is 0 Å². The first-order valence-corrected chi connectivity index (χ1v) is 5.46. The van der Waals surface area contributed by atoms with E-state index in [0.29, 0.717) is 4.57 Å². The van der Waals surface area contributed by atoms with Crippen LogP contribution in [0.3, 0.4) is 0 Å². The number of rotatable bonds is 2. The SMILES string of the molecule is [2H][13C]([2H])([2H])[C@@]1(F)[C@H](O)[C@@H](CC)O[C@H]1n1ccc(=O)[nH]c1=O. The van der Waals surface area contributed by atoms with E-state index in [1.54, 1.807) is 6.92 Å². The van der Waals surface area contributed by atoms with E-state index >= 15 is 4.39 Å². The molecule has 0 aromatic carbocycles. The monoisotopic (exact) mass is 262 g/mol. The lowest BCUT2D eigenvalue weighted by Crippen LogP contribution is -2.43. The van der Waals surface area contributed by atoms with Crippen LogP contribution in [0.2, 0.25) is 0 Å². The Morgan fingerprint density at radius 3 is 3.00 bits per heavy atom. The van der Waals surface area contributed by atoms with Gasteiger partial charge in [-0.2, -0.15) is 0 Å². The Morgan fingerprint density at radius 1 is 1.72 bits per heavy atom. The highest BCUT2D eigenvalue weighted by Crippen LogP contribution is 2.41. The van der Waals surface area contributed by atoms with Gasteiger partial charge in [0.25, 0.3) is 5.56 Å². The second-order valence-corrected chi connectivity index (χ2v) is 4.17. The van der Waals surface area contributed by atoms with Crippen LogP contribution in [0.1, 0.15) is 30.5 Å². The maximum absolute atomic E-state index is 15.1. The van der Waals surface area contributed by atoms with Crippen molar-refractivity contribution < 1.29 is 18.3 Å². The molecule has 0 unspecified atom stereocenters. The molecule has 1 aliphatic heterocycles. The lowest BCUT2D eigenvalue weighted by molar-refractivity contribution is -0.0510. The molecule has 1 aromatic rings. The van der Waals surface area contributed by atoms with Crippen LogP contribution in [0.4, 0.5) is 4.39 Å². The van der Waals surface area contributed by atoms with Gasteiger partial charge in [0.05, 0.1) is 6.10 Å². The van der Waals surface area contributed by atoms with Gasteiger partial charge in [-0.3, -0.25) is 14.3 Å². The number of aromatic amines is 1. The van der Waals surface area contributed by atoms with Crippen LogP contribution >= 0.6 is 0 Å². The van der Waals surface area contributed by atoms with Crippen molar-refractivity contribution in [3.8, 4) is 0 Å². The molecule has 2 N–H and O–H groups in total. The lowest BCUT2D eigenvalue weighted by atomic mass is 10.0. The molecule has 100 valence electrons. The molecule has 0 amide bonds. The van der Waals surface area contributed by atoms with Crippen LogP contribution < -0.4 is 11.2 Å². The van der Waals surface area contributed by atoms with Crippen molar-refractivity contribution in [1.82, 2.24) is 9.55 Å². The standard InChI is InChI=1S/C11H15FN2O4/c1-3-6-8(16)11(2,12)9(18-6)14-5-4-7(15)13-10(14)17/h4-6,8-9,16H,3H2,1-2H3,(H,13,15,17)/t6-,8-,9-,11-/m1/s1/i2+1D3. The fourth-order valence-electron chi connectivity index (χ4n) is 1.96. The smallest absolute Gasteiger partial charge is 0.330 e. The Morgan fingerprint density at radius 2 is 2.44 bits per heavy atom. The van der Waals surface area contributed by atoms with Gasteiger partial charge in [-0.05, 0) is 13.3 Å². The van der Waals surface area contributed by atoms with E-state index in [-0.39, 0.29) is 6.42 Å². The van der Waals surface area contributed by atoms with Gasteiger partial charge < -0.3 is 9.84 Å². The van der Waals surface area contributed by atoms with E-state index in [4.69, 9.17) is 8.85 Å². The molecule has 1 saturated heterocycles. The normalized spacial score (nSPS) is 39.1. The molecular weight excluding hydrogens is 244 g/mol. The molecule has 0 aliphatic carbocycles. The molecule has 0 bridgehead atoms. The number of ether oxygens (including phenoxy) is 1. The van der Waals surface area contributed by atoms with Crippen molar-refractivity contribution in [2.24, 2.45) is 0 Å². The molecule has 6 nitrogen and oxygen atoms in total. The minimum atomic E-state index is -3.21. The van der Waals surface area contributed by atoms with Crippen LogP contribution in [-0.2, 0) is 4.74 Å². The van der Waals surface area contributed by atoms with Gasteiger partial charge in [0.1, 0.15) is 6.10 Å². The molecule has 0 saturated carbocycles. The first-order chi connectivity index (χ1) is 9.62. The second kappa shape index (κ2) is 4.33. The highest BCUT2D eigenvalue weighted by Gasteiger charge is 2.54. The molecule has 1 aliphatic rings. The van der Waals surface area contributed by atoms with Crippen molar-refractivity contribution in [2.75, 3.05) is 0 Å². The summed E-state index contributed by atoms with van der Waals surface area (Å²) in [4.78, 5) is 24.7. The third-order valence-corrected chi connectivity index (χ3v) is 2.95. The Balaban J connectivity index is 2.60. The lowest BCUT2D eigenvalue weighted by Gasteiger charge is -2.24. The van der Waals surface area contributed by atoms with Gasteiger partial charge >= 0.3 is 5.69 Å². The number of halogens is 1. The predicted octanol–water partition coefficient (Wildman–Crippen LogP) is -0.0669. The third-order valence-electron chi connectivity index (χ3n) is 2.95. The van der Waals surface area contributed by atoms with Crippen LogP contribution in [0.25, 0.3) is 0 Å². The summed E-state index contributed by atoms with van der Waals surface area (Å²) in [5.41, 5.74) is -4.88. The van der Waals surface area contributed by atoms with Gasteiger partial charge in [0.2, 0.25) is 0 Å². The average molecular weight is 262 g/mol. The summed E-state index contributed by atoms with van der Waals surface area (Å²) in [6.07, 6.45) is -3.74. The molecular formula is C11H15FN2O4. The fourth-order valence-corrected chi connectivity index (χ4v) is 1.96. The van der Waals surface area contributed by atoms with Crippen LogP contribution in [0.5, 0.6) is 0 Å². The minimum absolute atomic E-state index is 0.164. The summed E-state index contributed by atoms with van der Waals surface area (Å²) in [7, 11) is 0. The molecule has 0 spiro atoms. The third kappa shape index (κ3) is 1.89. The highest BCUT2D eigenvalue weighted by molar-refractivity contribution is 5.00. The van der Waals surface area contributed by atoms with Crippen LogP contribution in [-0.4, -0.2) is 32.5 Å². The number of aliphatic hydroxyl groups excluding tert-OH is 1. The molecule has 18 heavy (non-hydrogen) atoms. The van der Waals surface area contributed by atoms with E-state index in [9.17, 15) is 14.7 Å². The predicted molar refractivity (Wildman–Crippen MR) is 61.0 cm³/mol. The summed E-state index contributed by atoms with van der Waals surface area (Å²) in [6, 6.07) is 0.941. The number of hydrogen-bond donors (Lipinski definition) is 2. The summed E-state index contributed by atoms with van der Waals surface area (Å²) in [5.74, 6) is 0. The Labute approximate surface area is 106 Å². The summed E-state index contributed by atoms with van der Waals surface area (Å²) < 4.78 is 43.0. The van der Waals surface area contributed by atoms with Crippen molar-refractivity contribution in [3.63, 3.8) is 0 Å². The van der Waals surface area contributed by atoms with Gasteiger partial charge in [-0.1, -0.05) is 6.92 Å². The largest absolute Gasteiger partial charge is 0.387 e. The van der Waals surface area contributed by atoms with E-state index < -0.39 is 42.2 Å².